The van der Waals surface area contributed by atoms with E-state index in [0.717, 1.165) is 25.9 Å². The van der Waals surface area contributed by atoms with Gasteiger partial charge in [-0.05, 0) is 25.0 Å². The number of benzene rings is 1. The van der Waals surface area contributed by atoms with Gasteiger partial charge in [0, 0.05) is 18.8 Å². The van der Waals surface area contributed by atoms with Crippen LogP contribution in [0.2, 0.25) is 0 Å². The first-order valence-corrected chi connectivity index (χ1v) is 7.91. The monoisotopic (exact) mass is 304 g/mol. The van der Waals surface area contributed by atoms with Crippen LogP contribution in [0.5, 0.6) is 0 Å². The maximum Gasteiger partial charge on any atom is 0.339 e. The van der Waals surface area contributed by atoms with E-state index in [4.69, 9.17) is 4.74 Å². The van der Waals surface area contributed by atoms with Crippen molar-refractivity contribution < 1.29 is 14.3 Å². The average molecular weight is 304 g/mol. The molecule has 0 bridgehead atoms. The van der Waals surface area contributed by atoms with Gasteiger partial charge in [0.2, 0.25) is 5.91 Å². The first-order valence-electron chi connectivity index (χ1n) is 7.91. The van der Waals surface area contributed by atoms with Crippen molar-refractivity contribution in [1.29, 1.82) is 0 Å². The summed E-state index contributed by atoms with van der Waals surface area (Å²) >= 11 is 0. The van der Waals surface area contributed by atoms with E-state index < -0.39 is 5.97 Å². The van der Waals surface area contributed by atoms with Crippen molar-refractivity contribution in [2.24, 2.45) is 0 Å². The number of rotatable bonds is 4. The molecule has 1 aromatic carbocycles. The number of esters is 1. The number of carbonyl (C=O) groups is 2. The zero-order valence-electron chi connectivity index (χ0n) is 13.1. The van der Waals surface area contributed by atoms with Gasteiger partial charge in [0.25, 0.3) is 0 Å². The molecular formula is C17H24N2O3. The molecule has 0 radical (unpaired) electrons. The second kappa shape index (κ2) is 8.41. The maximum atomic E-state index is 12.3. The molecule has 1 saturated heterocycles. The summed E-state index contributed by atoms with van der Waals surface area (Å²) in [5.74, 6) is -0.316. The predicted molar refractivity (Wildman–Crippen MR) is 85.9 cm³/mol. The number of nitrogens with zero attached hydrogens (tertiary/aromatic N) is 1. The fraction of sp³-hybridized carbons (Fsp3) is 0.529. The molecular weight excluding hydrogens is 280 g/mol. The van der Waals surface area contributed by atoms with Crippen LogP contribution in [0.1, 0.15) is 42.5 Å². The van der Waals surface area contributed by atoms with Crippen molar-refractivity contribution >= 4 is 17.6 Å². The molecule has 1 aliphatic heterocycles. The van der Waals surface area contributed by atoms with Crippen LogP contribution in [0.3, 0.4) is 0 Å². The topological polar surface area (TPSA) is 58.6 Å². The molecule has 5 nitrogen and oxygen atoms in total. The molecule has 1 amide bonds. The van der Waals surface area contributed by atoms with Crippen molar-refractivity contribution in [2.45, 2.75) is 32.1 Å². The standard InChI is InChI=1S/C17H24N2O3/c1-22-17(21)14-9-5-6-10-15(14)18-13-16(20)19-11-7-3-2-4-8-12-19/h5-6,9-10,18H,2-4,7-8,11-13H2,1H3. The van der Waals surface area contributed by atoms with E-state index >= 15 is 0 Å². The van der Waals surface area contributed by atoms with Crippen molar-refractivity contribution in [3.63, 3.8) is 0 Å². The van der Waals surface area contributed by atoms with E-state index in [1.165, 1.54) is 26.4 Å². The number of hydrogen-bond acceptors (Lipinski definition) is 4. The first kappa shape index (κ1) is 16.3. The lowest BCUT2D eigenvalue weighted by molar-refractivity contribution is -0.129. The molecule has 0 aromatic heterocycles. The van der Waals surface area contributed by atoms with E-state index in [1.54, 1.807) is 18.2 Å². The second-order valence-electron chi connectivity index (χ2n) is 5.54. The highest BCUT2D eigenvalue weighted by Crippen LogP contribution is 2.16. The van der Waals surface area contributed by atoms with Crippen LogP contribution in [0, 0.1) is 0 Å². The van der Waals surface area contributed by atoms with E-state index in [9.17, 15) is 9.59 Å². The molecule has 1 N–H and O–H groups in total. The Bertz CT molecular complexity index is 508. The van der Waals surface area contributed by atoms with Gasteiger partial charge < -0.3 is 15.0 Å². The smallest absolute Gasteiger partial charge is 0.339 e. The van der Waals surface area contributed by atoms with E-state index in [2.05, 4.69) is 5.32 Å². The summed E-state index contributed by atoms with van der Waals surface area (Å²) in [6.07, 6.45) is 5.81. The summed E-state index contributed by atoms with van der Waals surface area (Å²) in [4.78, 5) is 26.0. The molecule has 0 aliphatic carbocycles. The number of hydrogen-bond donors (Lipinski definition) is 1. The van der Waals surface area contributed by atoms with Gasteiger partial charge in [-0.1, -0.05) is 31.4 Å². The number of anilines is 1. The van der Waals surface area contributed by atoms with Gasteiger partial charge in [-0.3, -0.25) is 4.79 Å². The number of para-hydroxylation sites is 1. The van der Waals surface area contributed by atoms with Crippen molar-refractivity contribution in [3.05, 3.63) is 29.8 Å². The molecule has 1 heterocycles. The van der Waals surface area contributed by atoms with Gasteiger partial charge in [-0.2, -0.15) is 0 Å². The Morgan fingerprint density at radius 1 is 1.09 bits per heavy atom. The van der Waals surface area contributed by atoms with Crippen molar-refractivity contribution in [3.8, 4) is 0 Å². The lowest BCUT2D eigenvalue weighted by Crippen LogP contribution is -2.37. The van der Waals surface area contributed by atoms with E-state index in [0.29, 0.717) is 11.3 Å². The summed E-state index contributed by atoms with van der Waals surface area (Å²) in [5.41, 5.74) is 1.08. The van der Waals surface area contributed by atoms with Crippen LogP contribution in [0.25, 0.3) is 0 Å². The van der Waals surface area contributed by atoms with Gasteiger partial charge in [0.15, 0.2) is 0 Å². The van der Waals surface area contributed by atoms with Gasteiger partial charge in [-0.25, -0.2) is 4.79 Å². The highest BCUT2D eigenvalue weighted by molar-refractivity contribution is 5.96. The summed E-state index contributed by atoms with van der Waals surface area (Å²) in [5, 5.41) is 3.07. The summed E-state index contributed by atoms with van der Waals surface area (Å²) in [6, 6.07) is 7.08. The Hall–Kier alpha value is -2.04. The van der Waals surface area contributed by atoms with Gasteiger partial charge in [0.05, 0.1) is 19.2 Å². The number of ether oxygens (including phenoxy) is 1. The molecule has 1 aromatic rings. The predicted octanol–water partition coefficient (Wildman–Crippen LogP) is 2.68. The molecule has 22 heavy (non-hydrogen) atoms. The largest absolute Gasteiger partial charge is 0.465 e. The molecule has 0 atom stereocenters. The Balaban J connectivity index is 1.94. The Morgan fingerprint density at radius 2 is 1.73 bits per heavy atom. The lowest BCUT2D eigenvalue weighted by atomic mass is 10.1. The zero-order valence-corrected chi connectivity index (χ0v) is 13.1. The molecule has 1 fully saturated rings. The van der Waals surface area contributed by atoms with Crippen LogP contribution in [0.15, 0.2) is 24.3 Å². The average Bonchev–Trinajstić information content (AvgIpc) is 2.52. The molecule has 5 heteroatoms. The number of carbonyl (C=O) groups excluding carboxylic acids is 2. The number of likely N-dealkylation sites (tertiary alicyclic amines) is 1. The summed E-state index contributed by atoms with van der Waals surface area (Å²) in [6.45, 7) is 1.87. The van der Waals surface area contributed by atoms with Crippen LogP contribution in [-0.4, -0.2) is 43.5 Å². The van der Waals surface area contributed by atoms with Crippen molar-refractivity contribution in [2.75, 3.05) is 32.1 Å². The Morgan fingerprint density at radius 3 is 2.41 bits per heavy atom. The van der Waals surface area contributed by atoms with Gasteiger partial charge in [-0.15, -0.1) is 0 Å². The number of nitrogens with one attached hydrogen (secondary N) is 1. The summed E-state index contributed by atoms with van der Waals surface area (Å²) in [7, 11) is 1.35. The van der Waals surface area contributed by atoms with E-state index in [1.807, 2.05) is 11.0 Å². The minimum Gasteiger partial charge on any atom is -0.465 e. The number of methoxy groups -OCH3 is 1. The van der Waals surface area contributed by atoms with Gasteiger partial charge in [0.1, 0.15) is 0 Å². The normalized spacial score (nSPS) is 15.6. The zero-order chi connectivity index (χ0) is 15.8. The molecule has 0 spiro atoms. The lowest BCUT2D eigenvalue weighted by Gasteiger charge is -2.25. The Labute approximate surface area is 131 Å². The minimum absolute atomic E-state index is 0.0848. The fourth-order valence-electron chi connectivity index (χ4n) is 2.70. The Kier molecular flexibility index (Phi) is 6.25. The molecule has 0 unspecified atom stereocenters. The van der Waals surface area contributed by atoms with Crippen LogP contribution in [0.4, 0.5) is 5.69 Å². The molecule has 0 saturated carbocycles. The quantitative estimate of drug-likeness (QED) is 0.869. The van der Waals surface area contributed by atoms with Crippen LogP contribution < -0.4 is 5.32 Å². The fourth-order valence-corrected chi connectivity index (χ4v) is 2.70. The molecule has 1 aliphatic rings. The first-order chi connectivity index (χ1) is 10.7. The third-order valence-corrected chi connectivity index (χ3v) is 3.97. The highest BCUT2D eigenvalue weighted by Gasteiger charge is 2.16. The third kappa shape index (κ3) is 4.48. The highest BCUT2D eigenvalue weighted by atomic mass is 16.5. The second-order valence-corrected chi connectivity index (χ2v) is 5.54. The summed E-state index contributed by atoms with van der Waals surface area (Å²) < 4.78 is 4.76. The number of amides is 1. The van der Waals surface area contributed by atoms with Crippen LogP contribution >= 0.6 is 0 Å². The third-order valence-electron chi connectivity index (χ3n) is 3.97. The SMILES string of the molecule is COC(=O)c1ccccc1NCC(=O)N1CCCCCCC1. The maximum absolute atomic E-state index is 12.3. The molecule has 120 valence electrons. The molecule has 2 rings (SSSR count). The van der Waals surface area contributed by atoms with Crippen LogP contribution in [-0.2, 0) is 9.53 Å². The van der Waals surface area contributed by atoms with Gasteiger partial charge >= 0.3 is 5.97 Å². The minimum atomic E-state index is -0.401. The van der Waals surface area contributed by atoms with E-state index in [-0.39, 0.29) is 12.5 Å². The van der Waals surface area contributed by atoms with Crippen molar-refractivity contribution in [1.82, 2.24) is 4.90 Å².